The molecule has 1 aliphatic heterocycles. The molecule has 0 bridgehead atoms. The molecule has 0 radical (unpaired) electrons. The van der Waals surface area contributed by atoms with Gasteiger partial charge in [0.05, 0.1) is 22.8 Å². The van der Waals surface area contributed by atoms with Gasteiger partial charge in [-0.15, -0.1) is 0 Å². The average Bonchev–Trinajstić information content (AvgIpc) is 3.56. The summed E-state index contributed by atoms with van der Waals surface area (Å²) in [6.07, 6.45) is 3.65. The summed E-state index contributed by atoms with van der Waals surface area (Å²) in [6, 6.07) is 45.4. The van der Waals surface area contributed by atoms with Gasteiger partial charge in [0.15, 0.2) is 0 Å². The van der Waals surface area contributed by atoms with Crippen LogP contribution in [-0.4, -0.2) is 19.5 Å². The van der Waals surface area contributed by atoms with Gasteiger partial charge in [-0.3, -0.25) is 14.5 Å². The van der Waals surface area contributed by atoms with Crippen molar-refractivity contribution in [2.75, 3.05) is 4.90 Å². The highest BCUT2D eigenvalue weighted by Crippen LogP contribution is 2.53. The minimum Gasteiger partial charge on any atom is -0.310 e. The Balaban J connectivity index is 1.32. The topological polar surface area (TPSA) is 46.8 Å². The van der Waals surface area contributed by atoms with Crippen molar-refractivity contribution in [3.63, 3.8) is 0 Å². The van der Waals surface area contributed by atoms with E-state index < -0.39 is 0 Å². The Hall–Kier alpha value is -5.81. The third-order valence-corrected chi connectivity index (χ3v) is 10.6. The highest BCUT2D eigenvalue weighted by Gasteiger charge is 2.38. The molecule has 8 rings (SSSR count). The number of nitrogens with zero attached hydrogens (tertiary/aromatic N) is 5. The Morgan fingerprint density at radius 3 is 1.57 bits per heavy atom. The van der Waals surface area contributed by atoms with Crippen molar-refractivity contribution < 1.29 is 0 Å². The number of anilines is 3. The molecule has 0 saturated carbocycles. The van der Waals surface area contributed by atoms with Crippen molar-refractivity contribution in [1.82, 2.24) is 19.5 Å². The number of rotatable bonds is 5. The van der Waals surface area contributed by atoms with E-state index in [1.807, 2.05) is 54.9 Å². The molecule has 7 aromatic rings. The van der Waals surface area contributed by atoms with Crippen LogP contribution in [0.25, 0.3) is 39.9 Å². The molecule has 264 valence electrons. The molecule has 5 heteroatoms. The lowest BCUT2D eigenvalue weighted by Gasteiger charge is -2.43. The Labute approximate surface area is 314 Å². The molecule has 1 aliphatic rings. The van der Waals surface area contributed by atoms with Gasteiger partial charge in [0, 0.05) is 34.7 Å². The van der Waals surface area contributed by atoms with Gasteiger partial charge in [0.2, 0.25) is 0 Å². The number of benzene rings is 4. The summed E-state index contributed by atoms with van der Waals surface area (Å²) in [5.41, 5.74) is 14.1. The van der Waals surface area contributed by atoms with Crippen LogP contribution in [-0.2, 0) is 16.2 Å². The smallest absolute Gasteiger partial charge is 0.145 e. The molecule has 0 unspecified atom stereocenters. The molecule has 4 aromatic carbocycles. The Morgan fingerprint density at radius 1 is 0.528 bits per heavy atom. The van der Waals surface area contributed by atoms with Crippen molar-refractivity contribution in [2.24, 2.45) is 0 Å². The first-order valence-corrected chi connectivity index (χ1v) is 18.5. The molecule has 4 heterocycles. The number of hydrogen-bond acceptors (Lipinski definition) is 4. The molecule has 0 atom stereocenters. The number of pyridine rings is 2. The van der Waals surface area contributed by atoms with Gasteiger partial charge in [-0.1, -0.05) is 110 Å². The molecule has 0 amide bonds. The Bertz CT molecular complexity index is 2340. The van der Waals surface area contributed by atoms with Gasteiger partial charge < -0.3 is 4.90 Å². The van der Waals surface area contributed by atoms with E-state index in [4.69, 9.17) is 15.0 Å². The van der Waals surface area contributed by atoms with E-state index in [-0.39, 0.29) is 16.2 Å². The van der Waals surface area contributed by atoms with E-state index in [0.717, 1.165) is 45.5 Å². The molecule has 0 fully saturated rings. The zero-order valence-corrected chi connectivity index (χ0v) is 32.0. The summed E-state index contributed by atoms with van der Waals surface area (Å²) in [5, 5.41) is 0. The first kappa shape index (κ1) is 34.3. The lowest BCUT2D eigenvalue weighted by atomic mass is 9.70. The van der Waals surface area contributed by atoms with Gasteiger partial charge >= 0.3 is 0 Å². The van der Waals surface area contributed by atoms with E-state index in [1.165, 1.54) is 33.6 Å². The highest BCUT2D eigenvalue weighted by atomic mass is 15.2. The summed E-state index contributed by atoms with van der Waals surface area (Å²) in [5.74, 6) is 0.828. The summed E-state index contributed by atoms with van der Waals surface area (Å²) in [7, 11) is 0. The zero-order valence-electron chi connectivity index (χ0n) is 32.0. The fraction of sp³-hybridized carbons (Fsp3) is 0.229. The SMILES string of the molecule is CC(C)(C)c1ccc2c(c1)C(C)(C)c1cc(C(C)(C)C)ccc1N2c1ccc(-c2nc(-c3ccccn3)c(-c3ccccn3)n2-c2ccccc2)cc1. The lowest BCUT2D eigenvalue weighted by Crippen LogP contribution is -2.32. The highest BCUT2D eigenvalue weighted by molar-refractivity contribution is 5.87. The Kier molecular flexibility index (Phi) is 8.21. The Morgan fingerprint density at radius 2 is 1.06 bits per heavy atom. The molecule has 0 spiro atoms. The van der Waals surface area contributed by atoms with Crippen molar-refractivity contribution in [2.45, 2.75) is 71.6 Å². The first-order valence-electron chi connectivity index (χ1n) is 18.5. The second kappa shape index (κ2) is 12.7. The molecular weight excluding hydrogens is 647 g/mol. The predicted molar refractivity (Wildman–Crippen MR) is 220 cm³/mol. The van der Waals surface area contributed by atoms with E-state index in [2.05, 4.69) is 150 Å². The quantitative estimate of drug-likeness (QED) is 0.180. The minimum atomic E-state index is -0.187. The summed E-state index contributed by atoms with van der Waals surface area (Å²) < 4.78 is 2.22. The zero-order chi connectivity index (χ0) is 37.1. The van der Waals surface area contributed by atoms with Crippen LogP contribution in [0.4, 0.5) is 17.1 Å². The molecule has 0 saturated heterocycles. The van der Waals surface area contributed by atoms with E-state index in [0.29, 0.717) is 0 Å². The molecule has 53 heavy (non-hydrogen) atoms. The van der Waals surface area contributed by atoms with Gasteiger partial charge in [-0.2, -0.15) is 0 Å². The fourth-order valence-corrected chi connectivity index (χ4v) is 7.57. The molecule has 3 aromatic heterocycles. The van der Waals surface area contributed by atoms with Gasteiger partial charge in [0.1, 0.15) is 17.2 Å². The number of aromatic nitrogens is 4. The summed E-state index contributed by atoms with van der Waals surface area (Å²) >= 11 is 0. The van der Waals surface area contributed by atoms with Crippen LogP contribution in [0.15, 0.2) is 140 Å². The summed E-state index contributed by atoms with van der Waals surface area (Å²) in [4.78, 5) is 17.3. The third-order valence-electron chi connectivity index (χ3n) is 10.6. The summed E-state index contributed by atoms with van der Waals surface area (Å²) in [6.45, 7) is 18.5. The van der Waals surface area contributed by atoms with Crippen LogP contribution in [0.1, 0.15) is 77.6 Å². The third kappa shape index (κ3) is 6.04. The van der Waals surface area contributed by atoms with Crippen LogP contribution in [0.2, 0.25) is 0 Å². The number of imidazole rings is 1. The van der Waals surface area contributed by atoms with Crippen molar-refractivity contribution in [3.05, 3.63) is 162 Å². The fourth-order valence-electron chi connectivity index (χ4n) is 7.57. The molecule has 0 aliphatic carbocycles. The normalized spacial score (nSPS) is 13.8. The number of fused-ring (bicyclic) bond motifs is 2. The average molecular weight is 694 g/mol. The van der Waals surface area contributed by atoms with E-state index in [9.17, 15) is 0 Å². The number of para-hydroxylation sites is 1. The van der Waals surface area contributed by atoms with Gasteiger partial charge in [0.25, 0.3) is 0 Å². The maximum absolute atomic E-state index is 5.35. The number of hydrogen-bond donors (Lipinski definition) is 0. The molecular formula is C48H47N5. The van der Waals surface area contributed by atoms with Gasteiger partial charge in [-0.25, -0.2) is 4.98 Å². The minimum absolute atomic E-state index is 0.0358. The maximum atomic E-state index is 5.35. The predicted octanol–water partition coefficient (Wildman–Crippen LogP) is 12.4. The first-order chi connectivity index (χ1) is 25.3. The lowest BCUT2D eigenvalue weighted by molar-refractivity contribution is 0.573. The van der Waals surface area contributed by atoms with Crippen LogP contribution >= 0.6 is 0 Å². The second-order valence-electron chi connectivity index (χ2n) is 16.7. The molecule has 0 N–H and O–H groups in total. The van der Waals surface area contributed by atoms with Crippen molar-refractivity contribution >= 4 is 17.1 Å². The standard InChI is InChI=1S/C48H47N5/c1-46(2,3)33-22-26-41-37(30-33)48(7,8)38-31-34(47(4,5)6)23-27-42(38)52(41)36-24-20-32(21-25-36)45-51-43(39-18-12-14-28-49-39)44(40-19-13-15-29-50-40)53(45)35-16-10-9-11-17-35/h9-31H,1-8H3. The van der Waals surface area contributed by atoms with Crippen LogP contribution in [0.5, 0.6) is 0 Å². The van der Waals surface area contributed by atoms with Crippen LogP contribution in [0.3, 0.4) is 0 Å². The van der Waals surface area contributed by atoms with Crippen LogP contribution in [0, 0.1) is 0 Å². The largest absolute Gasteiger partial charge is 0.310 e. The van der Waals surface area contributed by atoms with Crippen LogP contribution < -0.4 is 4.90 Å². The molecule has 5 nitrogen and oxygen atoms in total. The maximum Gasteiger partial charge on any atom is 0.145 e. The van der Waals surface area contributed by atoms with Gasteiger partial charge in [-0.05, 0) is 106 Å². The van der Waals surface area contributed by atoms with Crippen molar-refractivity contribution in [1.29, 1.82) is 0 Å². The monoisotopic (exact) mass is 693 g/mol. The second-order valence-corrected chi connectivity index (χ2v) is 16.7. The van der Waals surface area contributed by atoms with E-state index >= 15 is 0 Å². The van der Waals surface area contributed by atoms with Crippen molar-refractivity contribution in [3.8, 4) is 39.9 Å². The van der Waals surface area contributed by atoms with E-state index in [1.54, 1.807) is 0 Å².